The Hall–Kier alpha value is -3.97. The minimum Gasteiger partial charge on any atom is -0.489 e. The molecule has 0 aliphatic carbocycles. The Morgan fingerprint density at radius 2 is 1.82 bits per heavy atom. The summed E-state index contributed by atoms with van der Waals surface area (Å²) in [5, 5.41) is 22.0. The highest BCUT2D eigenvalue weighted by Crippen LogP contribution is 2.35. The zero-order valence-corrected chi connectivity index (χ0v) is 18.0. The highest BCUT2D eigenvalue weighted by atomic mass is 19.1. The van der Waals surface area contributed by atoms with Gasteiger partial charge in [0.25, 0.3) is 5.89 Å². The fraction of sp³-hybridized carbons (Fsp3) is 0.154. The molecular weight excluding hydrogens is 421 g/mol. The number of aromatic nitrogens is 2. The lowest BCUT2D eigenvalue weighted by Gasteiger charge is -2.20. The predicted octanol–water partition coefficient (Wildman–Crippen LogP) is 4.90. The Morgan fingerprint density at radius 1 is 1.03 bits per heavy atom. The number of aliphatic hydroxyl groups is 1. The van der Waals surface area contributed by atoms with Crippen molar-refractivity contribution in [1.29, 1.82) is 0 Å². The molecule has 0 spiro atoms. The van der Waals surface area contributed by atoms with E-state index in [-0.39, 0.29) is 17.7 Å². The van der Waals surface area contributed by atoms with Crippen LogP contribution in [0.5, 0.6) is 5.75 Å². The molecule has 1 aliphatic rings. The highest BCUT2D eigenvalue weighted by molar-refractivity contribution is 5.84. The van der Waals surface area contributed by atoms with Crippen molar-refractivity contribution in [3.63, 3.8) is 0 Å². The van der Waals surface area contributed by atoms with Gasteiger partial charge in [-0.2, -0.15) is 0 Å². The third-order valence-corrected chi connectivity index (χ3v) is 5.64. The second-order valence-electron chi connectivity index (χ2n) is 7.97. The van der Waals surface area contributed by atoms with Gasteiger partial charge in [0.1, 0.15) is 18.2 Å². The number of halogens is 1. The van der Waals surface area contributed by atoms with Gasteiger partial charge in [-0.05, 0) is 53.5 Å². The van der Waals surface area contributed by atoms with Crippen LogP contribution in [0, 0.1) is 5.82 Å². The average molecular weight is 443 g/mol. The lowest BCUT2D eigenvalue weighted by molar-refractivity contribution is 0.0714. The Kier molecular flexibility index (Phi) is 5.40. The first-order valence-corrected chi connectivity index (χ1v) is 10.6. The zero-order chi connectivity index (χ0) is 22.8. The molecule has 3 aromatic carbocycles. The molecule has 5 rings (SSSR count). The minimum atomic E-state index is -1.39. The summed E-state index contributed by atoms with van der Waals surface area (Å²) >= 11 is 0. The van der Waals surface area contributed by atoms with Crippen LogP contribution >= 0.6 is 0 Å². The van der Waals surface area contributed by atoms with Gasteiger partial charge in [0.2, 0.25) is 0 Å². The van der Waals surface area contributed by atoms with Crippen molar-refractivity contribution in [2.75, 3.05) is 11.9 Å². The molecule has 6 nitrogen and oxygen atoms in total. The molecule has 1 atom stereocenters. The molecule has 0 amide bonds. The van der Waals surface area contributed by atoms with E-state index in [0.29, 0.717) is 18.7 Å². The lowest BCUT2D eigenvalue weighted by atomic mass is 9.94. The molecule has 2 heterocycles. The first kappa shape index (κ1) is 20.9. The summed E-state index contributed by atoms with van der Waals surface area (Å²) in [5.74, 6) is 0.607. The Balaban J connectivity index is 1.30. The van der Waals surface area contributed by atoms with Crippen LogP contribution in [0.25, 0.3) is 5.57 Å². The Bertz CT molecular complexity index is 1300. The van der Waals surface area contributed by atoms with Gasteiger partial charge >= 0.3 is 6.01 Å². The van der Waals surface area contributed by atoms with Crippen molar-refractivity contribution in [1.82, 2.24) is 10.2 Å². The van der Waals surface area contributed by atoms with Crippen LogP contribution in [0.15, 0.2) is 83.3 Å². The fourth-order valence-electron chi connectivity index (χ4n) is 3.80. The monoisotopic (exact) mass is 443 g/mol. The number of nitrogens with one attached hydrogen (secondary N) is 1. The van der Waals surface area contributed by atoms with Crippen molar-refractivity contribution in [2.45, 2.75) is 19.1 Å². The first-order chi connectivity index (χ1) is 16.0. The maximum Gasteiger partial charge on any atom is 0.315 e. The average Bonchev–Trinajstić information content (AvgIpc) is 3.33. The smallest absolute Gasteiger partial charge is 0.315 e. The largest absolute Gasteiger partial charge is 0.489 e. The maximum absolute atomic E-state index is 13.3. The molecule has 0 saturated carbocycles. The molecule has 1 aliphatic heterocycles. The summed E-state index contributed by atoms with van der Waals surface area (Å²) in [6, 6.07) is 21.8. The van der Waals surface area contributed by atoms with E-state index in [1.54, 1.807) is 31.2 Å². The van der Waals surface area contributed by atoms with Crippen LogP contribution in [0.4, 0.5) is 10.4 Å². The Morgan fingerprint density at radius 3 is 2.61 bits per heavy atom. The third-order valence-electron chi connectivity index (χ3n) is 5.64. The van der Waals surface area contributed by atoms with Gasteiger partial charge in [-0.25, -0.2) is 4.39 Å². The molecule has 1 unspecified atom stereocenters. The summed E-state index contributed by atoms with van der Waals surface area (Å²) in [4.78, 5) is 0. The molecule has 7 heteroatoms. The van der Waals surface area contributed by atoms with Gasteiger partial charge in [0.15, 0.2) is 5.60 Å². The predicted molar refractivity (Wildman–Crippen MR) is 122 cm³/mol. The number of rotatable bonds is 6. The number of hydrogen-bond acceptors (Lipinski definition) is 6. The van der Waals surface area contributed by atoms with Gasteiger partial charge < -0.3 is 19.6 Å². The second kappa shape index (κ2) is 8.52. The van der Waals surface area contributed by atoms with Crippen LogP contribution in [0.3, 0.4) is 0 Å². The number of ether oxygens (including phenoxy) is 1. The molecule has 0 saturated heterocycles. The molecule has 33 heavy (non-hydrogen) atoms. The van der Waals surface area contributed by atoms with E-state index in [9.17, 15) is 9.50 Å². The van der Waals surface area contributed by atoms with Crippen molar-refractivity contribution < 1.29 is 18.7 Å². The molecule has 0 bridgehead atoms. The Labute approximate surface area is 190 Å². The number of fused-ring (bicyclic) bond motifs is 1. The van der Waals surface area contributed by atoms with E-state index in [2.05, 4.69) is 15.5 Å². The summed E-state index contributed by atoms with van der Waals surface area (Å²) in [5.41, 5.74) is 3.14. The van der Waals surface area contributed by atoms with E-state index in [1.807, 2.05) is 42.5 Å². The van der Waals surface area contributed by atoms with Crippen molar-refractivity contribution in [2.24, 2.45) is 0 Å². The molecule has 166 valence electrons. The number of benzene rings is 3. The van der Waals surface area contributed by atoms with Crippen LogP contribution in [-0.4, -0.2) is 21.9 Å². The standard InChI is InChI=1S/C26H22FN3O3/c1-26(31,19-5-3-2-4-6-19)24-29-30-25(33-24)28-16-17-7-12-22-21(13-14-32-23(22)15-17)18-8-10-20(27)11-9-18/h2-13,15,31H,14,16H2,1H3,(H,28,30). The summed E-state index contributed by atoms with van der Waals surface area (Å²) in [7, 11) is 0. The topological polar surface area (TPSA) is 80.4 Å². The van der Waals surface area contributed by atoms with Crippen LogP contribution < -0.4 is 10.1 Å². The van der Waals surface area contributed by atoms with Gasteiger partial charge in [0, 0.05) is 12.1 Å². The SMILES string of the molecule is CC(O)(c1ccccc1)c1nnc(NCc2ccc3c(c2)OCC=C3c2ccc(F)cc2)o1. The van der Waals surface area contributed by atoms with Gasteiger partial charge in [0.05, 0.1) is 0 Å². The van der Waals surface area contributed by atoms with Crippen molar-refractivity contribution >= 4 is 11.6 Å². The first-order valence-electron chi connectivity index (χ1n) is 10.6. The highest BCUT2D eigenvalue weighted by Gasteiger charge is 2.32. The maximum atomic E-state index is 13.3. The molecule has 0 radical (unpaired) electrons. The van der Waals surface area contributed by atoms with Gasteiger partial charge in [-0.1, -0.05) is 59.7 Å². The van der Waals surface area contributed by atoms with E-state index >= 15 is 0 Å². The number of anilines is 1. The number of nitrogens with zero attached hydrogens (tertiary/aromatic N) is 2. The van der Waals surface area contributed by atoms with Gasteiger partial charge in [-0.15, -0.1) is 5.10 Å². The molecule has 0 fully saturated rings. The lowest BCUT2D eigenvalue weighted by Crippen LogP contribution is -2.23. The fourth-order valence-corrected chi connectivity index (χ4v) is 3.80. The van der Waals surface area contributed by atoms with E-state index in [0.717, 1.165) is 28.0 Å². The van der Waals surface area contributed by atoms with Crippen LogP contribution in [-0.2, 0) is 12.1 Å². The molecule has 2 N–H and O–H groups in total. The minimum absolute atomic E-state index is 0.110. The van der Waals surface area contributed by atoms with Crippen LogP contribution in [0.1, 0.15) is 35.1 Å². The van der Waals surface area contributed by atoms with E-state index in [4.69, 9.17) is 9.15 Å². The second-order valence-corrected chi connectivity index (χ2v) is 7.97. The summed E-state index contributed by atoms with van der Waals surface area (Å²) in [6.07, 6.45) is 1.99. The van der Waals surface area contributed by atoms with Gasteiger partial charge in [-0.3, -0.25) is 0 Å². The van der Waals surface area contributed by atoms with Crippen molar-refractivity contribution in [3.8, 4) is 5.75 Å². The quantitative estimate of drug-likeness (QED) is 0.441. The van der Waals surface area contributed by atoms with E-state index < -0.39 is 5.60 Å². The molecular formula is C26H22FN3O3. The van der Waals surface area contributed by atoms with Crippen molar-refractivity contribution in [3.05, 3.63) is 113 Å². The van der Waals surface area contributed by atoms with E-state index in [1.165, 1.54) is 12.1 Å². The molecule has 1 aromatic heterocycles. The van der Waals surface area contributed by atoms with Crippen LogP contribution in [0.2, 0.25) is 0 Å². The number of hydrogen-bond donors (Lipinski definition) is 2. The molecule has 4 aromatic rings. The zero-order valence-electron chi connectivity index (χ0n) is 18.0. The summed E-state index contributed by atoms with van der Waals surface area (Å²) in [6.45, 7) is 2.49. The third kappa shape index (κ3) is 4.23. The summed E-state index contributed by atoms with van der Waals surface area (Å²) < 4.78 is 24.8. The normalized spacial score (nSPS) is 14.6.